The van der Waals surface area contributed by atoms with Gasteiger partial charge in [-0.15, -0.1) is 0 Å². The molecule has 14 heteroatoms. The zero-order valence-corrected chi connectivity index (χ0v) is 34.7. The van der Waals surface area contributed by atoms with Gasteiger partial charge in [0.25, 0.3) is 0 Å². The number of aromatic amines is 2. The highest BCUT2D eigenvalue weighted by Crippen LogP contribution is 2.39. The van der Waals surface area contributed by atoms with E-state index >= 15 is 0 Å². The number of hydrogen-bond donors (Lipinski definition) is 5. The van der Waals surface area contributed by atoms with Crippen molar-refractivity contribution in [3.8, 4) is 33.6 Å². The van der Waals surface area contributed by atoms with Crippen molar-refractivity contribution in [3.05, 3.63) is 84.7 Å². The Morgan fingerprint density at radius 3 is 1.59 bits per heavy atom. The summed E-state index contributed by atoms with van der Waals surface area (Å²) in [4.78, 5) is 71.1. The maximum Gasteiger partial charge on any atom is 0.407 e. The molecule has 2 aliphatic rings. The van der Waals surface area contributed by atoms with Gasteiger partial charge < -0.3 is 40.2 Å². The number of nitrogens with one attached hydrogen (secondary N) is 4. The van der Waals surface area contributed by atoms with Crippen molar-refractivity contribution in [3.63, 3.8) is 0 Å². The van der Waals surface area contributed by atoms with E-state index in [1.807, 2.05) is 71.0 Å². The maximum atomic E-state index is 13.8. The summed E-state index contributed by atoms with van der Waals surface area (Å²) >= 11 is 0. The molecule has 5 N–H and O–H groups in total. The van der Waals surface area contributed by atoms with Crippen molar-refractivity contribution in [1.29, 1.82) is 0 Å². The van der Waals surface area contributed by atoms with E-state index in [9.17, 15) is 24.3 Å². The monoisotopic (exact) mass is 802 g/mol. The summed E-state index contributed by atoms with van der Waals surface area (Å²) in [6, 6.07) is 18.8. The lowest BCUT2D eigenvalue weighted by molar-refractivity contribution is -0.138. The first-order valence-corrected chi connectivity index (χ1v) is 20.5. The predicted molar refractivity (Wildman–Crippen MR) is 225 cm³/mol. The number of carboxylic acid groups (broad SMARTS) is 1. The van der Waals surface area contributed by atoms with Crippen LogP contribution in [0.25, 0.3) is 44.4 Å². The van der Waals surface area contributed by atoms with E-state index in [0.717, 1.165) is 75.9 Å². The fourth-order valence-corrected chi connectivity index (χ4v) is 8.64. The Balaban J connectivity index is 1.04. The standard InChI is InChI=1S/C45H54N8O6/c1-24(2)38(50-44(56)57)42(54)52-26(5)8-18-36(52)40-46-22-34(48-40)29-12-10-28(11-13-29)30-14-15-32-21-33(17-16-31(32)20-30)35-23-47-41(49-35)37-19-9-27(6)53(37)43(55)39(25(3)4)51-45(58)59-7/h10-17,20-27,36-39,50H,8-9,18-19H2,1-7H3,(H,46,48)(H,47,49)(H,51,58)(H,56,57)/t26-,27-,36+,37+,38?,39?/m1/s1. The number of nitrogens with zero attached hydrogens (tertiary/aromatic N) is 4. The Bertz CT molecular complexity index is 2330. The quantitative estimate of drug-likeness (QED) is 0.0888. The van der Waals surface area contributed by atoms with Crippen LogP contribution in [-0.2, 0) is 14.3 Å². The number of benzene rings is 3. The molecule has 0 saturated carbocycles. The van der Waals surface area contributed by atoms with Crippen LogP contribution in [0, 0.1) is 11.8 Å². The van der Waals surface area contributed by atoms with Crippen LogP contribution >= 0.6 is 0 Å². The Hall–Kier alpha value is -6.18. The SMILES string of the molecule is COC(=O)NC(C(=O)N1[C@H](C)CC[C@H]1c1nc(-c2ccc3cc(-c4ccc(-c5c[nH]c([C@@H]6CC[C@@H](C)N6C(=O)C(NC(=O)O)C(C)C)n5)cc4)ccc3c2)c[nH]1)C(C)C. The molecule has 4 heterocycles. The number of methoxy groups -OCH3 is 1. The summed E-state index contributed by atoms with van der Waals surface area (Å²) in [6.45, 7) is 11.5. The lowest BCUT2D eigenvalue weighted by Gasteiger charge is -2.32. The highest BCUT2D eigenvalue weighted by Gasteiger charge is 2.42. The number of likely N-dealkylation sites (tertiary alicyclic amines) is 2. The van der Waals surface area contributed by atoms with Crippen LogP contribution in [0.4, 0.5) is 9.59 Å². The zero-order valence-electron chi connectivity index (χ0n) is 34.7. The average Bonchev–Trinajstić information content (AvgIpc) is 4.05. The second-order valence-corrected chi connectivity index (χ2v) is 16.6. The number of amides is 4. The molecular weight excluding hydrogens is 749 g/mol. The second-order valence-electron chi connectivity index (χ2n) is 16.6. The van der Waals surface area contributed by atoms with Crippen LogP contribution < -0.4 is 10.6 Å². The number of rotatable bonds is 11. The first-order valence-electron chi connectivity index (χ1n) is 20.5. The van der Waals surface area contributed by atoms with Crippen molar-refractivity contribution in [1.82, 2.24) is 40.4 Å². The van der Waals surface area contributed by atoms with E-state index in [-0.39, 0.29) is 47.8 Å². The van der Waals surface area contributed by atoms with Gasteiger partial charge >= 0.3 is 12.2 Å². The van der Waals surface area contributed by atoms with Crippen molar-refractivity contribution in [2.75, 3.05) is 7.11 Å². The summed E-state index contributed by atoms with van der Waals surface area (Å²) in [7, 11) is 1.29. The zero-order chi connectivity index (χ0) is 42.1. The highest BCUT2D eigenvalue weighted by molar-refractivity contribution is 5.91. The van der Waals surface area contributed by atoms with Crippen LogP contribution in [0.1, 0.15) is 91.0 Å². The van der Waals surface area contributed by atoms with Gasteiger partial charge in [0.05, 0.1) is 30.6 Å². The summed E-state index contributed by atoms with van der Waals surface area (Å²) in [5, 5.41) is 16.7. The Morgan fingerprint density at radius 1 is 0.661 bits per heavy atom. The second kappa shape index (κ2) is 17.0. The molecule has 2 aromatic heterocycles. The first kappa shape index (κ1) is 41.0. The third kappa shape index (κ3) is 8.39. The van der Waals surface area contributed by atoms with Crippen molar-refractivity contribution in [2.45, 2.75) is 103 Å². The minimum Gasteiger partial charge on any atom is -0.465 e. The van der Waals surface area contributed by atoms with Crippen LogP contribution in [-0.4, -0.2) is 90.1 Å². The van der Waals surface area contributed by atoms with Crippen molar-refractivity contribution in [2.24, 2.45) is 11.8 Å². The topological polar surface area (TPSA) is 186 Å². The van der Waals surface area contributed by atoms with E-state index in [2.05, 4.69) is 69.1 Å². The van der Waals surface area contributed by atoms with Crippen molar-refractivity contribution < 1.29 is 29.0 Å². The molecule has 6 atom stereocenters. The molecule has 0 aliphatic carbocycles. The number of carbonyl (C=O) groups excluding carboxylic acids is 3. The summed E-state index contributed by atoms with van der Waals surface area (Å²) in [5.74, 6) is 0.717. The minimum absolute atomic E-state index is 0.00328. The van der Waals surface area contributed by atoms with Crippen molar-refractivity contribution >= 4 is 34.8 Å². The predicted octanol–water partition coefficient (Wildman–Crippen LogP) is 8.06. The van der Waals surface area contributed by atoms with Crippen LogP contribution in [0.2, 0.25) is 0 Å². The molecule has 4 amide bonds. The molecule has 0 spiro atoms. The molecule has 59 heavy (non-hydrogen) atoms. The molecule has 14 nitrogen and oxygen atoms in total. The molecular formula is C45H54N8O6. The van der Waals surface area contributed by atoms with Gasteiger partial charge in [-0.2, -0.15) is 0 Å². The number of ether oxygens (including phenoxy) is 1. The largest absolute Gasteiger partial charge is 0.465 e. The number of fused-ring (bicyclic) bond motifs is 1. The number of imidazole rings is 2. The summed E-state index contributed by atoms with van der Waals surface area (Å²) in [6.07, 6.45) is 5.04. The molecule has 2 unspecified atom stereocenters. The molecule has 0 radical (unpaired) electrons. The molecule has 3 aromatic carbocycles. The Kier molecular flexibility index (Phi) is 11.8. The van der Waals surface area contributed by atoms with Gasteiger partial charge in [-0.3, -0.25) is 9.59 Å². The average molecular weight is 803 g/mol. The molecule has 5 aromatic rings. The van der Waals surface area contributed by atoms with Crippen LogP contribution in [0.3, 0.4) is 0 Å². The molecule has 0 bridgehead atoms. The maximum absolute atomic E-state index is 13.8. The molecule has 2 fully saturated rings. The van der Waals surface area contributed by atoms with E-state index < -0.39 is 24.3 Å². The van der Waals surface area contributed by atoms with Crippen LogP contribution in [0.5, 0.6) is 0 Å². The lowest BCUT2D eigenvalue weighted by atomic mass is 9.98. The van der Waals surface area contributed by atoms with Gasteiger partial charge in [-0.1, -0.05) is 76.2 Å². The normalized spacial score (nSPS) is 20.3. The smallest absolute Gasteiger partial charge is 0.407 e. The lowest BCUT2D eigenvalue weighted by Crippen LogP contribution is -2.52. The number of carbonyl (C=O) groups is 4. The summed E-state index contributed by atoms with van der Waals surface area (Å²) in [5.41, 5.74) is 5.60. The Labute approximate surface area is 344 Å². The molecule has 7 rings (SSSR count). The van der Waals surface area contributed by atoms with Crippen LogP contribution in [0.15, 0.2) is 73.1 Å². The number of H-pyrrole nitrogens is 2. The minimum atomic E-state index is -1.21. The van der Waals surface area contributed by atoms with Gasteiger partial charge in [-0.05, 0) is 85.4 Å². The molecule has 2 saturated heterocycles. The van der Waals surface area contributed by atoms with E-state index in [4.69, 9.17) is 14.7 Å². The van der Waals surface area contributed by atoms with E-state index in [0.29, 0.717) is 5.82 Å². The molecule has 2 aliphatic heterocycles. The molecule has 310 valence electrons. The number of hydrogen-bond acceptors (Lipinski definition) is 7. The Morgan fingerprint density at radius 2 is 1.10 bits per heavy atom. The van der Waals surface area contributed by atoms with Gasteiger partial charge in [0.1, 0.15) is 23.7 Å². The van der Waals surface area contributed by atoms with Gasteiger partial charge in [0.15, 0.2) is 0 Å². The fraction of sp³-hybridized carbons (Fsp3) is 0.422. The third-order valence-corrected chi connectivity index (χ3v) is 11.9. The fourth-order valence-electron chi connectivity index (χ4n) is 8.64. The van der Waals surface area contributed by atoms with E-state index in [1.54, 1.807) is 4.90 Å². The van der Waals surface area contributed by atoms with Gasteiger partial charge in [0, 0.05) is 35.6 Å². The van der Waals surface area contributed by atoms with E-state index in [1.165, 1.54) is 7.11 Å². The van der Waals surface area contributed by atoms with Gasteiger partial charge in [-0.25, -0.2) is 19.6 Å². The van der Waals surface area contributed by atoms with Gasteiger partial charge in [0.2, 0.25) is 11.8 Å². The number of alkyl carbamates (subject to hydrolysis) is 1. The third-order valence-electron chi connectivity index (χ3n) is 11.9. The summed E-state index contributed by atoms with van der Waals surface area (Å²) < 4.78 is 4.79. The number of aromatic nitrogens is 4. The highest BCUT2D eigenvalue weighted by atomic mass is 16.5. The first-order chi connectivity index (χ1) is 28.2.